The van der Waals surface area contributed by atoms with E-state index in [2.05, 4.69) is 235 Å². The number of para-hydroxylation sites is 2. The lowest BCUT2D eigenvalue weighted by atomic mass is 9.64. The van der Waals surface area contributed by atoms with Gasteiger partial charge >= 0.3 is 0 Å². The third-order valence-electron chi connectivity index (χ3n) is 14.3. The number of anilines is 3. The number of hydrogen-bond donors (Lipinski definition) is 0. The van der Waals surface area contributed by atoms with E-state index in [1.54, 1.807) is 0 Å². The van der Waals surface area contributed by atoms with E-state index in [0.29, 0.717) is 0 Å². The molecule has 0 N–H and O–H groups in total. The maximum atomic E-state index is 6.76. The van der Waals surface area contributed by atoms with Crippen LogP contribution in [0.1, 0.15) is 22.3 Å². The number of nitrogens with zero attached hydrogens (tertiary/aromatic N) is 1. The van der Waals surface area contributed by atoms with Crippen molar-refractivity contribution < 1.29 is 4.74 Å². The molecule has 11 aromatic carbocycles. The molecule has 0 fully saturated rings. The van der Waals surface area contributed by atoms with Gasteiger partial charge in [0.25, 0.3) is 0 Å². The SMILES string of the molecule is c1ccc(N(c2ccc3c(c2)-c2ccccc2-c2ccccc2O3)c2ccc3c(c2)C2(c4ccccc4-c4ccccc4-3)c3ccccc3-c3c2c2ccccc2c2ccccc32)cc1. The molecule has 2 aliphatic carbocycles. The van der Waals surface area contributed by atoms with Gasteiger partial charge in [-0.15, -0.1) is 0 Å². The predicted molar refractivity (Wildman–Crippen MR) is 269 cm³/mol. The lowest BCUT2D eigenvalue weighted by Crippen LogP contribution is -2.30. The summed E-state index contributed by atoms with van der Waals surface area (Å²) in [5, 5.41) is 5.11. The highest BCUT2D eigenvalue weighted by atomic mass is 16.5. The van der Waals surface area contributed by atoms with Crippen LogP contribution in [-0.2, 0) is 5.41 Å². The zero-order chi connectivity index (χ0) is 42.6. The molecule has 14 rings (SSSR count). The number of ether oxygens (including phenoxy) is 1. The van der Waals surface area contributed by atoms with Crippen molar-refractivity contribution >= 4 is 38.6 Å². The average Bonchev–Trinajstić information content (AvgIpc) is 3.55. The standard InChI is InChI=1S/C63H39NO/c1-2-18-40(19-3-1)64(41-35-37-60-55(38-41)48-25-7-6-22-45(48)51-27-14-17-33-59(51)65-60)42-34-36-50-44-21-5-4-20-43(44)49-26-12-15-31-56(49)63(58(50)39-42)57-32-16-13-30-54(57)61-52-28-10-8-23-46(52)47-24-9-11-29-53(47)62(61)63/h1-39H. The molecule has 2 nitrogen and oxygen atoms in total. The number of rotatable bonds is 3. The van der Waals surface area contributed by atoms with E-state index in [-0.39, 0.29) is 0 Å². The Morgan fingerprint density at radius 3 is 1.46 bits per heavy atom. The van der Waals surface area contributed by atoms with Crippen molar-refractivity contribution in [2.45, 2.75) is 5.41 Å². The molecule has 0 radical (unpaired) electrons. The molecule has 1 unspecified atom stereocenters. The van der Waals surface area contributed by atoms with E-state index in [1.807, 2.05) is 6.07 Å². The maximum absolute atomic E-state index is 6.76. The highest BCUT2D eigenvalue weighted by molar-refractivity contribution is 6.20. The minimum Gasteiger partial charge on any atom is -0.456 e. The molecule has 1 heterocycles. The fourth-order valence-electron chi connectivity index (χ4n) is 11.7. The minimum absolute atomic E-state index is 0.689. The molecule has 1 spiro atoms. The van der Waals surface area contributed by atoms with Gasteiger partial charge in [-0.25, -0.2) is 0 Å². The summed E-state index contributed by atoms with van der Waals surface area (Å²) in [6.45, 7) is 0. The third-order valence-corrected chi connectivity index (χ3v) is 14.3. The first-order valence-electron chi connectivity index (χ1n) is 22.5. The highest BCUT2D eigenvalue weighted by Crippen LogP contribution is 2.65. The fraction of sp³-hybridized carbons (Fsp3) is 0.0159. The van der Waals surface area contributed by atoms with Crippen LogP contribution >= 0.6 is 0 Å². The summed E-state index contributed by atoms with van der Waals surface area (Å²) in [6.07, 6.45) is 0. The van der Waals surface area contributed by atoms with Crippen molar-refractivity contribution in [2.24, 2.45) is 0 Å². The molecular formula is C63H39NO. The minimum atomic E-state index is -0.689. The van der Waals surface area contributed by atoms with E-state index in [4.69, 9.17) is 4.74 Å². The van der Waals surface area contributed by atoms with Crippen LogP contribution in [0, 0.1) is 0 Å². The van der Waals surface area contributed by atoms with Crippen molar-refractivity contribution in [1.82, 2.24) is 0 Å². The number of fused-ring (bicyclic) bond motifs is 22. The van der Waals surface area contributed by atoms with Crippen molar-refractivity contribution in [3.63, 3.8) is 0 Å². The summed E-state index contributed by atoms with van der Waals surface area (Å²) in [4.78, 5) is 2.43. The molecule has 1 aliphatic heterocycles. The zero-order valence-electron chi connectivity index (χ0n) is 35.4. The smallest absolute Gasteiger partial charge is 0.135 e. The first-order chi connectivity index (χ1) is 32.3. The van der Waals surface area contributed by atoms with Crippen LogP contribution in [0.4, 0.5) is 17.1 Å². The van der Waals surface area contributed by atoms with Gasteiger partial charge in [-0.05, 0) is 137 Å². The molecule has 1 atom stereocenters. The van der Waals surface area contributed by atoms with Crippen LogP contribution in [-0.4, -0.2) is 0 Å². The molecule has 2 heteroatoms. The monoisotopic (exact) mass is 825 g/mol. The Labute approximate surface area is 377 Å². The number of hydrogen-bond acceptors (Lipinski definition) is 2. The summed E-state index contributed by atoms with van der Waals surface area (Å²) in [6, 6.07) is 87.3. The van der Waals surface area contributed by atoms with Gasteiger partial charge < -0.3 is 9.64 Å². The predicted octanol–water partition coefficient (Wildman–Crippen LogP) is 16.9. The van der Waals surface area contributed by atoms with Gasteiger partial charge in [0.05, 0.1) is 5.41 Å². The molecule has 11 aromatic rings. The van der Waals surface area contributed by atoms with Gasteiger partial charge in [-0.2, -0.15) is 0 Å². The molecule has 0 saturated carbocycles. The van der Waals surface area contributed by atoms with Crippen molar-refractivity contribution in [3.05, 3.63) is 259 Å². The maximum Gasteiger partial charge on any atom is 0.135 e. The summed E-state index contributed by atoms with van der Waals surface area (Å²) in [7, 11) is 0. The van der Waals surface area contributed by atoms with E-state index in [1.165, 1.54) is 77.2 Å². The second-order valence-electron chi connectivity index (χ2n) is 17.5. The second kappa shape index (κ2) is 13.8. The van der Waals surface area contributed by atoms with Gasteiger partial charge in [0.2, 0.25) is 0 Å². The molecule has 302 valence electrons. The lowest BCUT2D eigenvalue weighted by Gasteiger charge is -2.37. The lowest BCUT2D eigenvalue weighted by molar-refractivity contribution is 0.488. The van der Waals surface area contributed by atoms with E-state index in [0.717, 1.165) is 50.8 Å². The van der Waals surface area contributed by atoms with Crippen LogP contribution in [0.3, 0.4) is 0 Å². The Hall–Kier alpha value is -8.46. The quantitative estimate of drug-likeness (QED) is 0.165. The van der Waals surface area contributed by atoms with Gasteiger partial charge in [-0.3, -0.25) is 0 Å². The highest BCUT2D eigenvalue weighted by Gasteiger charge is 2.51. The fourth-order valence-corrected chi connectivity index (χ4v) is 11.7. The molecule has 0 saturated heterocycles. The normalized spacial score (nSPS) is 14.6. The largest absolute Gasteiger partial charge is 0.456 e. The molecule has 0 amide bonds. The Bertz CT molecular complexity index is 3770. The average molecular weight is 826 g/mol. The first kappa shape index (κ1) is 36.1. The van der Waals surface area contributed by atoms with Crippen LogP contribution in [0.2, 0.25) is 0 Å². The zero-order valence-corrected chi connectivity index (χ0v) is 35.4. The van der Waals surface area contributed by atoms with Gasteiger partial charge in [0, 0.05) is 28.2 Å². The van der Waals surface area contributed by atoms with Crippen molar-refractivity contribution in [1.29, 1.82) is 0 Å². The van der Waals surface area contributed by atoms with Gasteiger partial charge in [0.15, 0.2) is 0 Å². The van der Waals surface area contributed by atoms with Gasteiger partial charge in [0.1, 0.15) is 11.5 Å². The Morgan fingerprint density at radius 1 is 0.277 bits per heavy atom. The molecule has 3 aliphatic rings. The number of benzene rings is 11. The molecule has 65 heavy (non-hydrogen) atoms. The Morgan fingerprint density at radius 2 is 0.738 bits per heavy atom. The van der Waals surface area contributed by atoms with Crippen LogP contribution in [0.5, 0.6) is 11.5 Å². The van der Waals surface area contributed by atoms with Crippen LogP contribution < -0.4 is 9.64 Å². The van der Waals surface area contributed by atoms with Gasteiger partial charge in [-0.1, -0.05) is 188 Å². The summed E-state index contributed by atoms with van der Waals surface area (Å²) < 4.78 is 6.76. The summed E-state index contributed by atoms with van der Waals surface area (Å²) >= 11 is 0. The molecule has 0 aromatic heterocycles. The Balaban J connectivity index is 1.11. The van der Waals surface area contributed by atoms with Crippen LogP contribution in [0.25, 0.3) is 77.2 Å². The molecular weight excluding hydrogens is 787 g/mol. The van der Waals surface area contributed by atoms with Crippen molar-refractivity contribution in [3.8, 4) is 67.1 Å². The van der Waals surface area contributed by atoms with Crippen molar-refractivity contribution in [2.75, 3.05) is 4.90 Å². The van der Waals surface area contributed by atoms with E-state index in [9.17, 15) is 0 Å². The first-order valence-corrected chi connectivity index (χ1v) is 22.5. The second-order valence-corrected chi connectivity index (χ2v) is 17.5. The van der Waals surface area contributed by atoms with E-state index < -0.39 is 5.41 Å². The third kappa shape index (κ3) is 4.99. The summed E-state index contributed by atoms with van der Waals surface area (Å²) in [5.41, 5.74) is 19.7. The van der Waals surface area contributed by atoms with E-state index >= 15 is 0 Å². The summed E-state index contributed by atoms with van der Waals surface area (Å²) in [5.74, 6) is 1.70. The van der Waals surface area contributed by atoms with Crippen LogP contribution in [0.15, 0.2) is 237 Å². The Kier molecular flexibility index (Phi) is 7.64. The topological polar surface area (TPSA) is 12.5 Å². The molecule has 0 bridgehead atoms.